The van der Waals surface area contributed by atoms with Gasteiger partial charge in [-0.3, -0.25) is 9.89 Å². The largest absolute Gasteiger partial charge is 0.497 e. The number of methoxy groups -OCH3 is 1. The lowest BCUT2D eigenvalue weighted by molar-refractivity contribution is -0.120. The van der Waals surface area contributed by atoms with Crippen LogP contribution in [0.5, 0.6) is 5.75 Å². The number of aryl methyl sites for hydroxylation is 1. The number of rotatable bonds is 7. The molecule has 0 radical (unpaired) electrons. The molecule has 0 aliphatic heterocycles. The molecule has 1 aromatic heterocycles. The van der Waals surface area contributed by atoms with E-state index in [1.54, 1.807) is 38.3 Å². The molecule has 12 heteroatoms. The van der Waals surface area contributed by atoms with Gasteiger partial charge in [0.15, 0.2) is 21.4 Å². The van der Waals surface area contributed by atoms with E-state index in [0.29, 0.717) is 22.7 Å². The van der Waals surface area contributed by atoms with Crippen molar-refractivity contribution in [2.45, 2.75) is 36.8 Å². The third-order valence-corrected chi connectivity index (χ3v) is 7.41. The highest BCUT2D eigenvalue weighted by Gasteiger charge is 2.43. The summed E-state index contributed by atoms with van der Waals surface area (Å²) < 4.78 is 60.1. The molecule has 0 bridgehead atoms. The Hall–Kier alpha value is -3.25. The summed E-state index contributed by atoms with van der Waals surface area (Å²) in [7, 11) is -2.70. The molecular weight excluding hydrogens is 473 g/mol. The van der Waals surface area contributed by atoms with Crippen molar-refractivity contribution >= 4 is 27.2 Å². The lowest BCUT2D eigenvalue weighted by atomic mass is 10.1. The Kier molecular flexibility index (Phi) is 8.34. The van der Waals surface area contributed by atoms with E-state index in [-0.39, 0.29) is 12.2 Å². The molecule has 2 aromatic carbocycles. The number of sulfone groups is 1. The van der Waals surface area contributed by atoms with Crippen LogP contribution in [0.25, 0.3) is 11.4 Å². The minimum absolute atomic E-state index is 0.221. The maximum Gasteiger partial charge on any atom is 0.335 e. The summed E-state index contributed by atoms with van der Waals surface area (Å²) in [5.74, 6) is -0.235. The van der Waals surface area contributed by atoms with E-state index in [4.69, 9.17) is 13.2 Å². The number of carbonyl (C=O) groups excluding carboxylic acids is 1. The minimum Gasteiger partial charge on any atom is -0.497 e. The number of benzene rings is 2. The highest BCUT2D eigenvalue weighted by molar-refractivity contribution is 7.93. The second kappa shape index (κ2) is 10.6. The second-order valence-electron chi connectivity index (χ2n) is 7.45. The number of carbonyl (C=O) groups is 1. The topological polar surface area (TPSA) is 136 Å². The van der Waals surface area contributed by atoms with Crippen LogP contribution in [0.4, 0.5) is 4.39 Å². The highest BCUT2D eigenvalue weighted by Crippen LogP contribution is 2.29. The van der Waals surface area contributed by atoms with Crippen molar-refractivity contribution in [2.75, 3.05) is 7.11 Å². The first-order valence-electron chi connectivity index (χ1n) is 9.49. The Morgan fingerprint density at radius 3 is 2.30 bits per heavy atom. The van der Waals surface area contributed by atoms with Crippen LogP contribution >= 0.6 is 0 Å². The Morgan fingerprint density at radius 2 is 1.76 bits per heavy atom. The molecule has 176 valence electrons. The highest BCUT2D eigenvalue weighted by atomic mass is 32.2. The third-order valence-electron chi connectivity index (χ3n) is 4.93. The van der Waals surface area contributed by atoms with Gasteiger partial charge in [0.05, 0.1) is 13.5 Å². The fourth-order valence-electron chi connectivity index (χ4n) is 2.86. The zero-order valence-corrected chi connectivity index (χ0v) is 19.9. The van der Waals surface area contributed by atoms with E-state index in [9.17, 15) is 17.6 Å². The van der Waals surface area contributed by atoms with Gasteiger partial charge in [0.1, 0.15) is 27.0 Å². The summed E-state index contributed by atoms with van der Waals surface area (Å²) in [6.07, 6.45) is -0.289. The number of halogens is 1. The number of ketones is 1. The quantitative estimate of drug-likeness (QED) is 0.528. The van der Waals surface area contributed by atoms with Crippen LogP contribution in [0.1, 0.15) is 25.2 Å². The lowest BCUT2D eigenvalue weighted by Crippen LogP contribution is -2.42. The number of aromatic amines is 1. The monoisotopic (exact) mass is 495 g/mol. The zero-order chi connectivity index (χ0) is 24.8. The summed E-state index contributed by atoms with van der Waals surface area (Å²) in [6, 6.07) is 10.8. The normalized spacial score (nSPS) is 11.3. The standard InChI is InChI=1S/C21H22FN3O4S.O2S/c1-13-5-10-17(16(22)11-13)30(27,28)21(2,3)18(26)12-19-23-20(25-24-19)14-6-8-15(29-4)9-7-14;1-3-2/h5-11H,12H2,1-4H3,(H,23,24,25);. The smallest absolute Gasteiger partial charge is 0.335 e. The molecule has 3 aromatic rings. The van der Waals surface area contributed by atoms with Gasteiger partial charge in [0.25, 0.3) is 0 Å². The van der Waals surface area contributed by atoms with Gasteiger partial charge >= 0.3 is 11.6 Å². The minimum atomic E-state index is -4.26. The molecule has 0 saturated heterocycles. The van der Waals surface area contributed by atoms with Crippen LogP contribution in [0.2, 0.25) is 0 Å². The van der Waals surface area contributed by atoms with Crippen LogP contribution in [-0.2, 0) is 32.6 Å². The molecule has 0 fully saturated rings. The van der Waals surface area contributed by atoms with Crippen LogP contribution in [0.15, 0.2) is 47.4 Å². The molecule has 33 heavy (non-hydrogen) atoms. The summed E-state index contributed by atoms with van der Waals surface area (Å²) in [5.41, 5.74) is 1.29. The van der Waals surface area contributed by atoms with E-state index in [1.807, 2.05) is 0 Å². The number of nitrogens with one attached hydrogen (secondary N) is 1. The Labute approximate surface area is 193 Å². The average Bonchev–Trinajstić information content (AvgIpc) is 3.22. The molecule has 0 saturated carbocycles. The molecule has 0 spiro atoms. The van der Waals surface area contributed by atoms with Crippen LogP contribution in [0.3, 0.4) is 0 Å². The molecular formula is C21H22FN3O6S2. The van der Waals surface area contributed by atoms with Crippen molar-refractivity contribution in [2.24, 2.45) is 0 Å². The van der Waals surface area contributed by atoms with Gasteiger partial charge in [0.2, 0.25) is 0 Å². The summed E-state index contributed by atoms with van der Waals surface area (Å²) >= 11 is -0.750. The predicted octanol–water partition coefficient (Wildman–Crippen LogP) is 2.62. The van der Waals surface area contributed by atoms with Crippen molar-refractivity contribution in [1.82, 2.24) is 15.2 Å². The Balaban J connectivity index is 0.00000122. The number of H-pyrrole nitrogens is 1. The van der Waals surface area contributed by atoms with E-state index in [2.05, 4.69) is 15.2 Å². The lowest BCUT2D eigenvalue weighted by Gasteiger charge is -2.23. The van der Waals surface area contributed by atoms with Crippen LogP contribution < -0.4 is 4.74 Å². The Morgan fingerprint density at radius 1 is 1.15 bits per heavy atom. The first-order valence-corrected chi connectivity index (χ1v) is 11.6. The first-order chi connectivity index (χ1) is 15.5. The maximum absolute atomic E-state index is 14.3. The molecule has 0 aliphatic rings. The maximum atomic E-state index is 14.3. The second-order valence-corrected chi connectivity index (χ2v) is 10.1. The van der Waals surface area contributed by atoms with Gasteiger partial charge in [-0.05, 0) is 62.7 Å². The van der Waals surface area contributed by atoms with Crippen molar-refractivity contribution in [3.8, 4) is 17.1 Å². The van der Waals surface area contributed by atoms with Crippen molar-refractivity contribution in [3.05, 3.63) is 59.7 Å². The molecule has 9 nitrogen and oxygen atoms in total. The number of hydrogen-bond acceptors (Lipinski definition) is 8. The number of ether oxygens (including phenoxy) is 1. The predicted molar refractivity (Wildman–Crippen MR) is 118 cm³/mol. The molecule has 1 heterocycles. The van der Waals surface area contributed by atoms with Crippen LogP contribution in [0, 0.1) is 12.7 Å². The number of nitrogens with zero attached hydrogens (tertiary/aromatic N) is 2. The third kappa shape index (κ3) is 5.76. The van der Waals surface area contributed by atoms with Gasteiger partial charge in [0, 0.05) is 5.56 Å². The molecule has 1 N–H and O–H groups in total. The van der Waals surface area contributed by atoms with E-state index >= 15 is 0 Å². The summed E-state index contributed by atoms with van der Waals surface area (Å²) in [4.78, 5) is 16.6. The van der Waals surface area contributed by atoms with Gasteiger partial charge < -0.3 is 4.74 Å². The van der Waals surface area contributed by atoms with Crippen molar-refractivity contribution < 1.29 is 30.8 Å². The van der Waals surface area contributed by atoms with Gasteiger partial charge in [-0.1, -0.05) is 6.07 Å². The molecule has 0 atom stereocenters. The first kappa shape index (κ1) is 26.0. The number of hydrogen-bond donors (Lipinski definition) is 1. The summed E-state index contributed by atoms with van der Waals surface area (Å²) in [5, 5.41) is 6.75. The van der Waals surface area contributed by atoms with E-state index < -0.39 is 42.7 Å². The van der Waals surface area contributed by atoms with Gasteiger partial charge in [-0.2, -0.15) is 13.5 Å². The van der Waals surface area contributed by atoms with Crippen molar-refractivity contribution in [1.29, 1.82) is 0 Å². The van der Waals surface area contributed by atoms with Crippen molar-refractivity contribution in [3.63, 3.8) is 0 Å². The zero-order valence-electron chi connectivity index (χ0n) is 18.3. The van der Waals surface area contributed by atoms with Gasteiger partial charge in [-0.15, -0.1) is 0 Å². The fourth-order valence-corrected chi connectivity index (χ4v) is 4.34. The summed E-state index contributed by atoms with van der Waals surface area (Å²) in [6.45, 7) is 4.19. The Bertz CT molecular complexity index is 1280. The number of Topliss-reactive ketones (excluding diaryl/α,β-unsaturated/α-hetero) is 1. The average molecular weight is 496 g/mol. The van der Waals surface area contributed by atoms with Crippen LogP contribution in [-0.4, -0.2) is 49.7 Å². The van der Waals surface area contributed by atoms with Gasteiger partial charge in [-0.25, -0.2) is 17.8 Å². The number of aromatic nitrogens is 3. The van der Waals surface area contributed by atoms with E-state index in [0.717, 1.165) is 6.07 Å². The molecule has 0 aliphatic carbocycles. The van der Waals surface area contributed by atoms with E-state index in [1.165, 1.54) is 26.0 Å². The molecule has 3 rings (SSSR count). The molecule has 0 amide bonds. The SMILES string of the molecule is COc1ccc(-c2n[nH]c(CC(=O)C(C)(C)S(=O)(=O)c3ccc(C)cc3F)n2)cc1.O=S=O. The molecule has 0 unspecified atom stereocenters. The fraction of sp³-hybridized carbons (Fsp3) is 0.286.